The van der Waals surface area contributed by atoms with Crippen LogP contribution < -0.4 is 15.0 Å². The summed E-state index contributed by atoms with van der Waals surface area (Å²) in [5.74, 6) is 0.659. The van der Waals surface area contributed by atoms with E-state index in [2.05, 4.69) is 40.4 Å². The van der Waals surface area contributed by atoms with Gasteiger partial charge in [-0.25, -0.2) is 0 Å². The number of carbonyl (C=O) groups is 1. The summed E-state index contributed by atoms with van der Waals surface area (Å²) in [5, 5.41) is 3.97. The summed E-state index contributed by atoms with van der Waals surface area (Å²) in [6.07, 6.45) is 2.27. The highest BCUT2D eigenvalue weighted by Gasteiger charge is 2.15. The van der Waals surface area contributed by atoms with Crippen molar-refractivity contribution in [2.75, 3.05) is 25.6 Å². The molecule has 0 atom stereocenters. The number of hydrogen-bond acceptors (Lipinski definition) is 4. The molecule has 3 aromatic rings. The fourth-order valence-corrected chi connectivity index (χ4v) is 3.83. The van der Waals surface area contributed by atoms with Crippen LogP contribution in [0.25, 0.3) is 10.9 Å². The number of amides is 1. The highest BCUT2D eigenvalue weighted by atomic mass is 16.5. The third kappa shape index (κ3) is 3.52. The van der Waals surface area contributed by atoms with E-state index in [1.165, 1.54) is 17.7 Å². The fraction of sp³-hybridized carbons (Fsp3) is 0.304. The second-order valence-electron chi connectivity index (χ2n) is 7.35. The van der Waals surface area contributed by atoms with E-state index in [4.69, 9.17) is 4.74 Å². The molecule has 1 aromatic heterocycles. The predicted molar refractivity (Wildman–Crippen MR) is 112 cm³/mol. The number of anilines is 1. The van der Waals surface area contributed by atoms with Crippen molar-refractivity contribution in [1.29, 1.82) is 0 Å². The Morgan fingerprint density at radius 2 is 2.07 bits per heavy atom. The van der Waals surface area contributed by atoms with E-state index in [0.29, 0.717) is 17.8 Å². The molecule has 28 heavy (non-hydrogen) atoms. The maximum atomic E-state index is 12.8. The van der Waals surface area contributed by atoms with Crippen molar-refractivity contribution in [2.24, 2.45) is 0 Å². The Morgan fingerprint density at radius 3 is 2.89 bits per heavy atom. The third-order valence-corrected chi connectivity index (χ3v) is 5.41. The molecule has 1 aliphatic heterocycles. The first-order valence-corrected chi connectivity index (χ1v) is 9.61. The molecule has 0 fully saturated rings. The van der Waals surface area contributed by atoms with E-state index in [1.807, 2.05) is 31.2 Å². The van der Waals surface area contributed by atoms with Crippen LogP contribution in [0.3, 0.4) is 0 Å². The van der Waals surface area contributed by atoms with Crippen molar-refractivity contribution in [2.45, 2.75) is 26.3 Å². The van der Waals surface area contributed by atoms with Crippen molar-refractivity contribution in [3.05, 3.63) is 64.8 Å². The Kier molecular flexibility index (Phi) is 4.90. The minimum atomic E-state index is -0.0995. The van der Waals surface area contributed by atoms with E-state index in [9.17, 15) is 4.79 Å². The Balaban J connectivity index is 1.51. The van der Waals surface area contributed by atoms with Gasteiger partial charge in [0.1, 0.15) is 5.75 Å². The Hall–Kier alpha value is -3.08. The van der Waals surface area contributed by atoms with Crippen molar-refractivity contribution in [1.82, 2.24) is 10.3 Å². The Labute approximate surface area is 165 Å². The molecule has 1 aliphatic rings. The van der Waals surface area contributed by atoms with Crippen LogP contribution in [-0.4, -0.2) is 31.6 Å². The van der Waals surface area contributed by atoms with Crippen LogP contribution >= 0.6 is 0 Å². The number of ether oxygens (including phenoxy) is 1. The van der Waals surface area contributed by atoms with Crippen molar-refractivity contribution >= 4 is 22.5 Å². The first kappa shape index (κ1) is 18.3. The normalized spacial score (nSPS) is 13.3. The number of aryl methyl sites for hydroxylation is 2. The smallest absolute Gasteiger partial charge is 0.253 e. The van der Waals surface area contributed by atoms with Crippen LogP contribution in [0.5, 0.6) is 5.75 Å². The molecule has 5 heteroatoms. The van der Waals surface area contributed by atoms with Gasteiger partial charge in [-0.15, -0.1) is 0 Å². The molecule has 0 bridgehead atoms. The van der Waals surface area contributed by atoms with Gasteiger partial charge in [-0.2, -0.15) is 0 Å². The molecular formula is C23H25N3O2. The Bertz CT molecular complexity index is 1050. The lowest BCUT2D eigenvalue weighted by atomic mass is 9.99. The molecule has 0 unspecified atom stereocenters. The van der Waals surface area contributed by atoms with Crippen molar-refractivity contribution in [3.8, 4) is 5.75 Å². The average molecular weight is 375 g/mol. The second kappa shape index (κ2) is 7.50. The number of nitrogens with one attached hydrogen (secondary N) is 1. The summed E-state index contributed by atoms with van der Waals surface area (Å²) in [4.78, 5) is 19.6. The molecule has 1 amide bonds. The minimum absolute atomic E-state index is 0.0995. The number of rotatable bonds is 4. The van der Waals surface area contributed by atoms with E-state index in [0.717, 1.165) is 35.2 Å². The lowest BCUT2D eigenvalue weighted by Gasteiger charge is -2.27. The van der Waals surface area contributed by atoms with Crippen LogP contribution in [0.4, 0.5) is 5.69 Å². The SMILES string of the molecule is COc1ccc2cc(C(=O)NCc3ccc4c(c3)CCCN4C)c(C)nc2c1. The number of pyridine rings is 1. The first-order chi connectivity index (χ1) is 13.5. The summed E-state index contributed by atoms with van der Waals surface area (Å²) in [6.45, 7) is 3.47. The van der Waals surface area contributed by atoms with E-state index < -0.39 is 0 Å². The highest BCUT2D eigenvalue weighted by Crippen LogP contribution is 2.27. The second-order valence-corrected chi connectivity index (χ2v) is 7.35. The van der Waals surface area contributed by atoms with Crippen LogP contribution in [0, 0.1) is 6.92 Å². The number of hydrogen-bond donors (Lipinski definition) is 1. The monoisotopic (exact) mass is 375 g/mol. The maximum Gasteiger partial charge on any atom is 0.253 e. The molecule has 144 valence electrons. The standard InChI is InChI=1S/C23H25N3O2/c1-15-20(12-17-7-8-19(28-3)13-21(17)25-15)23(27)24-14-16-6-9-22-18(11-16)5-4-10-26(22)2/h6-9,11-13H,4-5,10,14H2,1-3H3,(H,24,27). The van der Waals surface area contributed by atoms with Crippen LogP contribution in [0.15, 0.2) is 42.5 Å². The topological polar surface area (TPSA) is 54.5 Å². The number of aromatic nitrogens is 1. The predicted octanol–water partition coefficient (Wildman–Crippen LogP) is 3.86. The molecule has 5 nitrogen and oxygen atoms in total. The highest BCUT2D eigenvalue weighted by molar-refractivity contribution is 5.98. The number of benzene rings is 2. The number of methoxy groups -OCH3 is 1. The van der Waals surface area contributed by atoms with Gasteiger partial charge in [0.05, 0.1) is 23.9 Å². The molecule has 0 saturated heterocycles. The van der Waals surface area contributed by atoms with E-state index >= 15 is 0 Å². The van der Waals surface area contributed by atoms with Gasteiger partial charge in [0, 0.05) is 37.3 Å². The van der Waals surface area contributed by atoms with Gasteiger partial charge < -0.3 is 15.0 Å². The van der Waals surface area contributed by atoms with Crippen LogP contribution in [0.1, 0.15) is 33.6 Å². The Morgan fingerprint density at radius 1 is 1.21 bits per heavy atom. The van der Waals surface area contributed by atoms with Crippen LogP contribution in [-0.2, 0) is 13.0 Å². The summed E-state index contributed by atoms with van der Waals surface area (Å²) >= 11 is 0. The summed E-state index contributed by atoms with van der Waals surface area (Å²) in [7, 11) is 3.76. The molecule has 0 radical (unpaired) electrons. The number of carbonyl (C=O) groups excluding carboxylic acids is 1. The van der Waals surface area contributed by atoms with Gasteiger partial charge in [0.25, 0.3) is 5.91 Å². The van der Waals surface area contributed by atoms with Gasteiger partial charge in [-0.1, -0.05) is 12.1 Å². The zero-order valence-electron chi connectivity index (χ0n) is 16.6. The molecular weight excluding hydrogens is 350 g/mol. The zero-order chi connectivity index (χ0) is 19.7. The lowest BCUT2D eigenvalue weighted by Crippen LogP contribution is -2.26. The molecule has 4 rings (SSSR count). The molecule has 2 aromatic carbocycles. The average Bonchev–Trinajstić information content (AvgIpc) is 2.71. The van der Waals surface area contributed by atoms with Gasteiger partial charge in [-0.05, 0) is 55.2 Å². The van der Waals surface area contributed by atoms with Gasteiger partial charge in [0.2, 0.25) is 0 Å². The maximum absolute atomic E-state index is 12.8. The lowest BCUT2D eigenvalue weighted by molar-refractivity contribution is 0.0950. The third-order valence-electron chi connectivity index (χ3n) is 5.41. The van der Waals surface area contributed by atoms with E-state index in [1.54, 1.807) is 7.11 Å². The molecule has 0 aliphatic carbocycles. The minimum Gasteiger partial charge on any atom is -0.497 e. The van der Waals surface area contributed by atoms with Gasteiger partial charge in [0.15, 0.2) is 0 Å². The molecule has 2 heterocycles. The van der Waals surface area contributed by atoms with Gasteiger partial charge >= 0.3 is 0 Å². The number of nitrogens with zero attached hydrogens (tertiary/aromatic N) is 2. The van der Waals surface area contributed by atoms with Crippen molar-refractivity contribution in [3.63, 3.8) is 0 Å². The van der Waals surface area contributed by atoms with Crippen LogP contribution in [0.2, 0.25) is 0 Å². The summed E-state index contributed by atoms with van der Waals surface area (Å²) in [5.41, 5.74) is 5.93. The summed E-state index contributed by atoms with van der Waals surface area (Å²) in [6, 6.07) is 14.1. The fourth-order valence-electron chi connectivity index (χ4n) is 3.83. The quantitative estimate of drug-likeness (QED) is 0.752. The van der Waals surface area contributed by atoms with Gasteiger partial charge in [-0.3, -0.25) is 9.78 Å². The first-order valence-electron chi connectivity index (χ1n) is 9.61. The number of fused-ring (bicyclic) bond motifs is 2. The summed E-state index contributed by atoms with van der Waals surface area (Å²) < 4.78 is 5.25. The molecule has 0 spiro atoms. The molecule has 0 saturated carbocycles. The zero-order valence-corrected chi connectivity index (χ0v) is 16.6. The molecule has 1 N–H and O–H groups in total. The van der Waals surface area contributed by atoms with E-state index in [-0.39, 0.29) is 5.91 Å². The van der Waals surface area contributed by atoms with Crippen molar-refractivity contribution < 1.29 is 9.53 Å². The largest absolute Gasteiger partial charge is 0.497 e.